The average molecular weight is 408 g/mol. The molecule has 2 N–H and O–H groups in total. The third kappa shape index (κ3) is 4.14. The van der Waals surface area contributed by atoms with Gasteiger partial charge in [-0.3, -0.25) is 4.79 Å². The molecular weight excluding hydrogens is 380 g/mol. The van der Waals surface area contributed by atoms with E-state index in [9.17, 15) is 4.79 Å². The van der Waals surface area contributed by atoms with E-state index in [1.165, 1.54) is 0 Å². The Bertz CT molecular complexity index is 1010. The fourth-order valence-electron chi connectivity index (χ4n) is 4.07. The average Bonchev–Trinajstić information content (AvgIpc) is 3.45. The number of methoxy groups -OCH3 is 1. The Morgan fingerprint density at radius 1 is 1.27 bits per heavy atom. The number of H-pyrrole nitrogens is 1. The quantitative estimate of drug-likeness (QED) is 0.591. The number of rotatable bonds is 8. The minimum Gasteiger partial charge on any atom is -0.493 e. The summed E-state index contributed by atoms with van der Waals surface area (Å²) in [6.07, 6.45) is 3.39. The van der Waals surface area contributed by atoms with Crippen LogP contribution < -0.4 is 14.8 Å². The number of benzene rings is 2. The van der Waals surface area contributed by atoms with Gasteiger partial charge in [-0.2, -0.15) is 0 Å². The first-order valence-corrected chi connectivity index (χ1v) is 10.5. The molecule has 2 heterocycles. The van der Waals surface area contributed by atoms with Gasteiger partial charge < -0.3 is 24.5 Å². The van der Waals surface area contributed by atoms with E-state index in [1.54, 1.807) is 7.11 Å². The predicted molar refractivity (Wildman–Crippen MR) is 116 cm³/mol. The Kier molecular flexibility index (Phi) is 6.23. The summed E-state index contributed by atoms with van der Waals surface area (Å²) in [5, 5.41) is 4.24. The normalized spacial score (nSPS) is 17.1. The van der Waals surface area contributed by atoms with Gasteiger partial charge in [0.25, 0.3) is 0 Å². The molecule has 0 bridgehead atoms. The lowest BCUT2D eigenvalue weighted by Crippen LogP contribution is -2.36. The zero-order valence-electron chi connectivity index (χ0n) is 17.4. The maximum absolute atomic E-state index is 12.6. The number of fused-ring (bicyclic) bond motifs is 1. The number of aromatic nitrogens is 1. The van der Waals surface area contributed by atoms with E-state index in [4.69, 9.17) is 14.2 Å². The lowest BCUT2D eigenvalue weighted by molar-refractivity contribution is -0.130. The number of carbonyl (C=O) groups excluding carboxylic acids is 1. The van der Waals surface area contributed by atoms with Gasteiger partial charge in [0.15, 0.2) is 11.5 Å². The molecule has 2 atom stereocenters. The van der Waals surface area contributed by atoms with Crippen molar-refractivity contribution in [3.05, 3.63) is 59.8 Å². The zero-order chi connectivity index (χ0) is 20.9. The van der Waals surface area contributed by atoms with Crippen molar-refractivity contribution in [1.29, 1.82) is 0 Å². The molecule has 1 aromatic heterocycles. The molecule has 6 heteroatoms. The summed E-state index contributed by atoms with van der Waals surface area (Å²) in [4.78, 5) is 15.9. The number of hydrogen-bond donors (Lipinski definition) is 2. The van der Waals surface area contributed by atoms with Crippen molar-refractivity contribution < 1.29 is 19.0 Å². The number of para-hydroxylation sites is 1. The van der Waals surface area contributed by atoms with Crippen molar-refractivity contribution >= 4 is 16.8 Å². The highest BCUT2D eigenvalue weighted by Crippen LogP contribution is 2.36. The summed E-state index contributed by atoms with van der Waals surface area (Å²) in [5.41, 5.74) is 3.25. The molecule has 1 aliphatic rings. The van der Waals surface area contributed by atoms with Gasteiger partial charge in [0.05, 0.1) is 13.7 Å². The number of nitrogens with one attached hydrogen (secondary N) is 2. The van der Waals surface area contributed by atoms with Crippen LogP contribution in [0.1, 0.15) is 36.8 Å². The van der Waals surface area contributed by atoms with E-state index in [1.807, 2.05) is 43.5 Å². The predicted octanol–water partition coefficient (Wildman–Crippen LogP) is 4.00. The molecule has 1 amide bonds. The van der Waals surface area contributed by atoms with Crippen molar-refractivity contribution in [3.63, 3.8) is 0 Å². The van der Waals surface area contributed by atoms with E-state index in [-0.39, 0.29) is 17.9 Å². The van der Waals surface area contributed by atoms with Crippen molar-refractivity contribution in [3.8, 4) is 11.5 Å². The number of ether oxygens (including phenoxy) is 3. The monoisotopic (exact) mass is 408 g/mol. The summed E-state index contributed by atoms with van der Waals surface area (Å²) in [5.74, 6) is 1.31. The van der Waals surface area contributed by atoms with Crippen LogP contribution in [0.2, 0.25) is 0 Å². The lowest BCUT2D eigenvalue weighted by atomic mass is 9.90. The van der Waals surface area contributed by atoms with E-state index in [0.29, 0.717) is 31.3 Å². The van der Waals surface area contributed by atoms with Crippen LogP contribution in [0, 0.1) is 0 Å². The summed E-state index contributed by atoms with van der Waals surface area (Å²) < 4.78 is 16.8. The summed E-state index contributed by atoms with van der Waals surface area (Å²) in [7, 11) is 1.64. The van der Waals surface area contributed by atoms with E-state index >= 15 is 0 Å². The highest BCUT2D eigenvalue weighted by molar-refractivity contribution is 5.85. The van der Waals surface area contributed by atoms with Crippen LogP contribution in [-0.4, -0.2) is 43.9 Å². The van der Waals surface area contributed by atoms with E-state index < -0.39 is 0 Å². The Labute approximate surface area is 176 Å². The maximum Gasteiger partial charge on any atom is 0.249 e. The third-order valence-corrected chi connectivity index (χ3v) is 5.59. The van der Waals surface area contributed by atoms with Crippen molar-refractivity contribution in [1.82, 2.24) is 10.3 Å². The zero-order valence-corrected chi connectivity index (χ0v) is 17.4. The third-order valence-electron chi connectivity index (χ3n) is 5.59. The minimum atomic E-state index is -0.344. The molecule has 0 unspecified atom stereocenters. The van der Waals surface area contributed by atoms with Crippen molar-refractivity contribution in [2.45, 2.75) is 31.8 Å². The number of carbonyl (C=O) groups is 1. The van der Waals surface area contributed by atoms with Crippen LogP contribution in [0.4, 0.5) is 0 Å². The first kappa shape index (κ1) is 20.3. The molecule has 158 valence electrons. The van der Waals surface area contributed by atoms with Crippen LogP contribution >= 0.6 is 0 Å². The Hall–Kier alpha value is -2.99. The summed E-state index contributed by atoms with van der Waals surface area (Å²) in [6.45, 7) is 3.64. The molecule has 2 aromatic carbocycles. The van der Waals surface area contributed by atoms with Crippen molar-refractivity contribution in [2.75, 3.05) is 26.9 Å². The molecule has 0 spiro atoms. The van der Waals surface area contributed by atoms with Gasteiger partial charge in [-0.05, 0) is 49.1 Å². The fourth-order valence-corrected chi connectivity index (χ4v) is 4.07. The fraction of sp³-hybridized carbons (Fsp3) is 0.375. The standard InChI is InChI=1S/C24H28N2O4/c1-3-29-21-11-10-16(13-23(21)28-2)18(14-26-24(27)22-9-6-12-30-22)19-15-25-20-8-5-4-7-17(19)20/h4-5,7-8,10-11,13,15,18,22,25H,3,6,9,12,14H2,1-2H3,(H,26,27)/t18-,22-/m1/s1. The van der Waals surface area contributed by atoms with Crippen molar-refractivity contribution in [2.24, 2.45) is 0 Å². The Morgan fingerprint density at radius 2 is 2.13 bits per heavy atom. The largest absolute Gasteiger partial charge is 0.493 e. The second kappa shape index (κ2) is 9.22. The van der Waals surface area contributed by atoms with Crippen LogP contribution in [0.3, 0.4) is 0 Å². The second-order valence-electron chi connectivity index (χ2n) is 7.43. The summed E-state index contributed by atoms with van der Waals surface area (Å²) >= 11 is 0. The molecular formula is C24H28N2O4. The lowest BCUT2D eigenvalue weighted by Gasteiger charge is -2.21. The molecule has 3 aromatic rings. The van der Waals surface area contributed by atoms with Gasteiger partial charge in [0.1, 0.15) is 6.10 Å². The first-order chi connectivity index (χ1) is 14.7. The van der Waals surface area contributed by atoms with Crippen LogP contribution in [0.15, 0.2) is 48.7 Å². The van der Waals surface area contributed by atoms with Gasteiger partial charge in [-0.15, -0.1) is 0 Å². The molecule has 1 saturated heterocycles. The van der Waals surface area contributed by atoms with E-state index in [0.717, 1.165) is 34.9 Å². The molecule has 0 radical (unpaired) electrons. The minimum absolute atomic E-state index is 0.0453. The van der Waals surface area contributed by atoms with E-state index in [2.05, 4.69) is 22.4 Å². The van der Waals surface area contributed by atoms with Crippen LogP contribution in [0.25, 0.3) is 10.9 Å². The molecule has 1 fully saturated rings. The SMILES string of the molecule is CCOc1ccc([C@@H](CNC(=O)[C@H]2CCCO2)c2c[nH]c3ccccc23)cc1OC. The molecule has 6 nitrogen and oxygen atoms in total. The Morgan fingerprint density at radius 3 is 2.90 bits per heavy atom. The van der Waals surface area contributed by atoms with Gasteiger partial charge in [0.2, 0.25) is 5.91 Å². The highest BCUT2D eigenvalue weighted by atomic mass is 16.5. The maximum atomic E-state index is 12.6. The molecule has 0 saturated carbocycles. The number of aromatic amines is 1. The van der Waals surface area contributed by atoms with Gasteiger partial charge in [0, 0.05) is 36.2 Å². The number of amides is 1. The first-order valence-electron chi connectivity index (χ1n) is 10.5. The van der Waals surface area contributed by atoms with Gasteiger partial charge in [-0.1, -0.05) is 24.3 Å². The van der Waals surface area contributed by atoms with Crippen LogP contribution in [0.5, 0.6) is 11.5 Å². The Balaban J connectivity index is 1.67. The summed E-state index contributed by atoms with van der Waals surface area (Å²) in [6, 6.07) is 14.2. The second-order valence-corrected chi connectivity index (χ2v) is 7.43. The topological polar surface area (TPSA) is 72.6 Å². The molecule has 30 heavy (non-hydrogen) atoms. The smallest absolute Gasteiger partial charge is 0.249 e. The highest BCUT2D eigenvalue weighted by Gasteiger charge is 2.26. The van der Waals surface area contributed by atoms with Gasteiger partial charge >= 0.3 is 0 Å². The number of hydrogen-bond acceptors (Lipinski definition) is 4. The van der Waals surface area contributed by atoms with Crippen LogP contribution in [-0.2, 0) is 9.53 Å². The molecule has 0 aliphatic carbocycles. The molecule has 1 aliphatic heterocycles. The molecule has 4 rings (SSSR count). The van der Waals surface area contributed by atoms with Gasteiger partial charge in [-0.25, -0.2) is 0 Å².